The van der Waals surface area contributed by atoms with Crippen LogP contribution >= 0.6 is 11.3 Å². The highest BCUT2D eigenvalue weighted by molar-refractivity contribution is 7.08. The summed E-state index contributed by atoms with van der Waals surface area (Å²) in [5, 5.41) is 22.0. The molecule has 0 aromatic carbocycles. The Hall–Kier alpha value is -1.15. The van der Waals surface area contributed by atoms with Gasteiger partial charge >= 0.3 is 13.1 Å². The summed E-state index contributed by atoms with van der Waals surface area (Å²) in [6.45, 7) is 7.45. The lowest BCUT2D eigenvalue weighted by atomic mass is 9.77. The maximum Gasteiger partial charge on any atom is 0.492 e. The van der Waals surface area contributed by atoms with Crippen LogP contribution in [0.4, 0.5) is 0 Å². The minimum Gasteiger partial charge on any atom is -0.478 e. The number of aromatic carboxylic acids is 1. The van der Waals surface area contributed by atoms with E-state index in [0.717, 1.165) is 0 Å². The number of hydrogen-bond acceptors (Lipinski definition) is 5. The van der Waals surface area contributed by atoms with Gasteiger partial charge in [0, 0.05) is 5.38 Å². The molecule has 0 unspecified atom stereocenters. The maximum absolute atomic E-state index is 11.1. The molecule has 1 aromatic heterocycles. The van der Waals surface area contributed by atoms with E-state index in [-0.39, 0.29) is 12.2 Å². The van der Waals surface area contributed by atoms with Crippen molar-refractivity contribution in [3.8, 4) is 0 Å². The van der Waals surface area contributed by atoms with Crippen LogP contribution in [0.15, 0.2) is 16.2 Å². The number of aliphatic hydroxyl groups is 1. The van der Waals surface area contributed by atoms with Crippen molar-refractivity contribution >= 4 is 30.5 Å². The Morgan fingerprint density at radius 3 is 2.33 bits per heavy atom. The fourth-order valence-electron chi connectivity index (χ4n) is 1.97. The summed E-state index contributed by atoms with van der Waals surface area (Å²) < 4.78 is 11.7. The number of carboxylic acid groups (broad SMARTS) is 1. The van der Waals surface area contributed by atoms with Crippen LogP contribution in [0.3, 0.4) is 0 Å². The van der Waals surface area contributed by atoms with Gasteiger partial charge in [-0.3, -0.25) is 0 Å². The van der Waals surface area contributed by atoms with Gasteiger partial charge < -0.3 is 19.5 Å². The van der Waals surface area contributed by atoms with Crippen molar-refractivity contribution in [1.82, 2.24) is 0 Å². The SMILES string of the molecule is CC1(C)OB(C(=Cc2cscc2C(=O)O)CO)OC1(C)C. The quantitative estimate of drug-likeness (QED) is 0.836. The molecule has 0 aliphatic carbocycles. The molecule has 2 heterocycles. The number of carboxylic acids is 1. The van der Waals surface area contributed by atoms with E-state index >= 15 is 0 Å². The highest BCUT2D eigenvalue weighted by Gasteiger charge is 2.52. The first-order valence-electron chi connectivity index (χ1n) is 6.64. The maximum atomic E-state index is 11.1. The summed E-state index contributed by atoms with van der Waals surface area (Å²) in [4.78, 5) is 11.1. The Morgan fingerprint density at radius 2 is 1.86 bits per heavy atom. The van der Waals surface area contributed by atoms with Crippen molar-refractivity contribution in [2.45, 2.75) is 38.9 Å². The van der Waals surface area contributed by atoms with Crippen molar-refractivity contribution in [3.63, 3.8) is 0 Å². The number of rotatable bonds is 4. The molecule has 0 atom stereocenters. The topological polar surface area (TPSA) is 76.0 Å². The molecule has 1 saturated heterocycles. The van der Waals surface area contributed by atoms with E-state index in [1.807, 2.05) is 27.7 Å². The molecule has 2 rings (SSSR count). The predicted octanol–water partition coefficient (Wildman–Crippen LogP) is 2.45. The normalized spacial score (nSPS) is 20.8. The van der Waals surface area contributed by atoms with Crippen LogP contribution in [-0.4, -0.2) is 41.1 Å². The van der Waals surface area contributed by atoms with E-state index in [1.165, 1.54) is 11.3 Å². The van der Waals surface area contributed by atoms with Crippen LogP contribution in [0, 0.1) is 0 Å². The largest absolute Gasteiger partial charge is 0.492 e. The zero-order chi connectivity index (χ0) is 15.8. The van der Waals surface area contributed by atoms with Crippen molar-refractivity contribution in [2.24, 2.45) is 0 Å². The van der Waals surface area contributed by atoms with E-state index < -0.39 is 24.3 Å². The summed E-state index contributed by atoms with van der Waals surface area (Å²) in [7, 11) is -0.679. The predicted molar refractivity (Wildman–Crippen MR) is 82.4 cm³/mol. The molecule has 0 saturated carbocycles. The lowest BCUT2D eigenvalue weighted by Crippen LogP contribution is -2.41. The first kappa shape index (κ1) is 16.2. The highest BCUT2D eigenvalue weighted by atomic mass is 32.1. The van der Waals surface area contributed by atoms with Gasteiger partial charge in [-0.15, -0.1) is 0 Å². The van der Waals surface area contributed by atoms with Crippen molar-refractivity contribution in [1.29, 1.82) is 0 Å². The second-order valence-electron chi connectivity index (χ2n) is 6.01. The van der Waals surface area contributed by atoms with E-state index in [9.17, 15) is 9.90 Å². The number of carbonyl (C=O) groups is 1. The Labute approximate surface area is 128 Å². The monoisotopic (exact) mass is 310 g/mol. The van der Waals surface area contributed by atoms with Crippen molar-refractivity contribution in [3.05, 3.63) is 27.4 Å². The standard InChI is InChI=1S/C14H19BO5S/c1-13(2)14(3,4)20-15(19-13)10(6-16)5-9-7-21-8-11(9)12(17)18/h5,7-8,16H,6H2,1-4H3,(H,17,18). The molecular formula is C14H19BO5S. The minimum absolute atomic E-state index is 0.211. The van der Waals surface area contributed by atoms with Gasteiger partial charge in [0.15, 0.2) is 0 Å². The smallest absolute Gasteiger partial charge is 0.478 e. The van der Waals surface area contributed by atoms with E-state index in [4.69, 9.17) is 14.4 Å². The molecule has 0 bridgehead atoms. The summed E-state index contributed by atoms with van der Waals surface area (Å²) in [6, 6.07) is 0. The van der Waals surface area contributed by atoms with E-state index in [2.05, 4.69) is 0 Å². The van der Waals surface area contributed by atoms with Crippen molar-refractivity contribution in [2.75, 3.05) is 6.61 Å². The number of thiophene rings is 1. The lowest BCUT2D eigenvalue weighted by Gasteiger charge is -2.32. The molecule has 0 spiro atoms. The molecule has 1 aliphatic heterocycles. The van der Waals surface area contributed by atoms with Crippen LogP contribution < -0.4 is 0 Å². The van der Waals surface area contributed by atoms with Gasteiger partial charge in [0.2, 0.25) is 0 Å². The van der Waals surface area contributed by atoms with E-state index in [0.29, 0.717) is 11.0 Å². The Kier molecular flexibility index (Phi) is 4.30. The average Bonchev–Trinajstić information content (AvgIpc) is 2.89. The second kappa shape index (κ2) is 5.57. The first-order chi connectivity index (χ1) is 9.68. The van der Waals surface area contributed by atoms with Gasteiger partial charge in [-0.1, -0.05) is 6.08 Å². The van der Waals surface area contributed by atoms with Crippen molar-refractivity contribution < 1.29 is 24.3 Å². The van der Waals surface area contributed by atoms with Crippen LogP contribution in [-0.2, 0) is 9.31 Å². The molecule has 0 radical (unpaired) electrons. The third-order valence-electron chi connectivity index (χ3n) is 4.00. The highest BCUT2D eigenvalue weighted by Crippen LogP contribution is 2.38. The third kappa shape index (κ3) is 3.06. The molecule has 1 aromatic rings. The average molecular weight is 310 g/mol. The fourth-order valence-corrected chi connectivity index (χ4v) is 2.76. The summed E-state index contributed by atoms with van der Waals surface area (Å²) in [5.74, 6) is -0.992. The van der Waals surface area contributed by atoms with Gasteiger partial charge in [-0.05, 0) is 44.1 Å². The number of aliphatic hydroxyl groups excluding tert-OH is 1. The molecule has 0 amide bonds. The van der Waals surface area contributed by atoms with Gasteiger partial charge in [0.1, 0.15) is 0 Å². The van der Waals surface area contributed by atoms with Gasteiger partial charge in [-0.25, -0.2) is 4.79 Å². The Morgan fingerprint density at radius 1 is 1.29 bits per heavy atom. The van der Waals surface area contributed by atoms with Crippen LogP contribution in [0.25, 0.3) is 6.08 Å². The molecule has 114 valence electrons. The zero-order valence-corrected chi connectivity index (χ0v) is 13.4. The second-order valence-corrected chi connectivity index (χ2v) is 6.76. The molecule has 5 nitrogen and oxygen atoms in total. The van der Waals surface area contributed by atoms with Crippen LogP contribution in [0.5, 0.6) is 0 Å². The summed E-state index contributed by atoms with van der Waals surface area (Å²) in [5.41, 5.74) is 0.259. The fraction of sp³-hybridized carbons (Fsp3) is 0.500. The van der Waals surface area contributed by atoms with E-state index in [1.54, 1.807) is 16.8 Å². The van der Waals surface area contributed by atoms with Gasteiger partial charge in [0.05, 0.1) is 23.4 Å². The van der Waals surface area contributed by atoms with Crippen LogP contribution in [0.1, 0.15) is 43.6 Å². The number of hydrogen-bond donors (Lipinski definition) is 2. The lowest BCUT2D eigenvalue weighted by molar-refractivity contribution is 0.00578. The zero-order valence-electron chi connectivity index (χ0n) is 12.5. The van der Waals surface area contributed by atoms with Gasteiger partial charge in [0.25, 0.3) is 0 Å². The summed E-state index contributed by atoms with van der Waals surface area (Å²) >= 11 is 1.30. The first-order valence-corrected chi connectivity index (χ1v) is 7.58. The molecular weight excluding hydrogens is 291 g/mol. The summed E-state index contributed by atoms with van der Waals surface area (Å²) in [6.07, 6.45) is 1.63. The Bertz CT molecular complexity index is 560. The van der Waals surface area contributed by atoms with Crippen LogP contribution in [0.2, 0.25) is 0 Å². The molecule has 1 aliphatic rings. The third-order valence-corrected chi connectivity index (χ3v) is 4.76. The minimum atomic E-state index is -0.992. The Balaban J connectivity index is 2.31. The molecule has 1 fully saturated rings. The molecule has 2 N–H and O–H groups in total. The molecule has 7 heteroatoms. The molecule has 21 heavy (non-hydrogen) atoms. The van der Waals surface area contributed by atoms with Gasteiger partial charge in [-0.2, -0.15) is 11.3 Å².